The van der Waals surface area contributed by atoms with Crippen molar-refractivity contribution < 1.29 is 9.53 Å². The molecule has 0 radical (unpaired) electrons. The quantitative estimate of drug-likeness (QED) is 0.666. The Bertz CT molecular complexity index is 774. The van der Waals surface area contributed by atoms with Crippen molar-refractivity contribution in [2.45, 2.75) is 32.4 Å². The lowest BCUT2D eigenvalue weighted by Crippen LogP contribution is -2.35. The predicted molar refractivity (Wildman–Crippen MR) is 113 cm³/mol. The molecule has 1 unspecified atom stereocenters. The molecule has 1 aliphatic rings. The fraction of sp³-hybridized carbons (Fsp3) is 0.409. The van der Waals surface area contributed by atoms with E-state index in [1.54, 1.807) is 17.4 Å². The second-order valence-corrected chi connectivity index (χ2v) is 8.52. The molecule has 2 aromatic rings. The number of rotatable bonds is 7. The Hall–Kier alpha value is -2.11. The maximum absolute atomic E-state index is 12.9. The van der Waals surface area contributed by atoms with Gasteiger partial charge in [-0.3, -0.25) is 4.79 Å². The fourth-order valence-corrected chi connectivity index (χ4v) is 3.97. The number of ether oxygens (including phenoxy) is 1. The Kier molecular flexibility index (Phi) is 6.69. The molecule has 1 saturated heterocycles. The number of hydrogen-bond acceptors (Lipinski definition) is 4. The van der Waals surface area contributed by atoms with Crippen molar-refractivity contribution in [1.29, 1.82) is 0 Å². The average Bonchev–Trinajstić information content (AvgIpc) is 3.31. The first-order valence-corrected chi connectivity index (χ1v) is 10.2. The lowest BCUT2D eigenvalue weighted by atomic mass is 10.1. The van der Waals surface area contributed by atoms with Crippen molar-refractivity contribution in [1.82, 2.24) is 4.90 Å². The Morgan fingerprint density at radius 2 is 2.00 bits per heavy atom. The summed E-state index contributed by atoms with van der Waals surface area (Å²) in [4.78, 5) is 19.2. The monoisotopic (exact) mass is 384 g/mol. The number of benzene rings is 1. The van der Waals surface area contributed by atoms with Gasteiger partial charge in [-0.05, 0) is 55.7 Å². The molecule has 0 saturated carbocycles. The number of thiophene rings is 1. The maximum atomic E-state index is 12.9. The summed E-state index contributed by atoms with van der Waals surface area (Å²) in [5, 5.41) is 0. The van der Waals surface area contributed by atoms with E-state index in [1.165, 1.54) is 4.88 Å². The highest BCUT2D eigenvalue weighted by molar-refractivity contribution is 7.12. The van der Waals surface area contributed by atoms with E-state index < -0.39 is 0 Å². The van der Waals surface area contributed by atoms with E-state index in [0.717, 1.165) is 35.6 Å². The van der Waals surface area contributed by atoms with Crippen LogP contribution in [-0.2, 0) is 16.1 Å². The van der Waals surface area contributed by atoms with Crippen LogP contribution in [0.1, 0.15) is 28.2 Å². The van der Waals surface area contributed by atoms with Crippen LogP contribution in [0.4, 0.5) is 5.69 Å². The number of nitrogens with zero attached hydrogens (tertiary/aromatic N) is 2. The summed E-state index contributed by atoms with van der Waals surface area (Å²) in [6.45, 7) is 4.11. The van der Waals surface area contributed by atoms with Crippen LogP contribution in [0.15, 0.2) is 42.5 Å². The van der Waals surface area contributed by atoms with Gasteiger partial charge in [-0.2, -0.15) is 0 Å². The minimum Gasteiger partial charge on any atom is -0.378 e. The highest BCUT2D eigenvalue weighted by Crippen LogP contribution is 2.19. The highest BCUT2D eigenvalue weighted by Gasteiger charge is 2.21. The lowest BCUT2D eigenvalue weighted by molar-refractivity contribution is -0.128. The van der Waals surface area contributed by atoms with Crippen molar-refractivity contribution in [3.63, 3.8) is 0 Å². The standard InChI is InChI=1S/C22H28N2O2S/c1-17-6-11-21(27-17)12-13-22(25)24(16-20-5-4-14-26-20)15-18-7-9-19(10-8-18)23(2)3/h6-13,20H,4-5,14-16H2,1-3H3/b13-12+. The van der Waals surface area contributed by atoms with Crippen LogP contribution in [0, 0.1) is 6.92 Å². The zero-order chi connectivity index (χ0) is 19.2. The average molecular weight is 385 g/mol. The van der Waals surface area contributed by atoms with E-state index in [0.29, 0.717) is 13.1 Å². The number of anilines is 1. The highest BCUT2D eigenvalue weighted by atomic mass is 32.1. The van der Waals surface area contributed by atoms with Crippen LogP contribution in [0.2, 0.25) is 0 Å². The van der Waals surface area contributed by atoms with Gasteiger partial charge in [0.15, 0.2) is 0 Å². The molecule has 4 nitrogen and oxygen atoms in total. The fourth-order valence-electron chi connectivity index (χ4n) is 3.19. The predicted octanol–water partition coefficient (Wildman–Crippen LogP) is 4.34. The molecule has 1 fully saturated rings. The smallest absolute Gasteiger partial charge is 0.246 e. The third kappa shape index (κ3) is 5.68. The molecule has 1 aromatic heterocycles. The molecule has 1 aliphatic heterocycles. The summed E-state index contributed by atoms with van der Waals surface area (Å²) in [7, 11) is 4.05. The van der Waals surface area contributed by atoms with Gasteiger partial charge >= 0.3 is 0 Å². The van der Waals surface area contributed by atoms with E-state index >= 15 is 0 Å². The zero-order valence-electron chi connectivity index (χ0n) is 16.4. The molecule has 0 aliphatic carbocycles. The molecular formula is C22H28N2O2S. The second kappa shape index (κ2) is 9.20. The van der Waals surface area contributed by atoms with Crippen LogP contribution in [0.25, 0.3) is 6.08 Å². The van der Waals surface area contributed by atoms with Crippen molar-refractivity contribution in [2.24, 2.45) is 0 Å². The van der Waals surface area contributed by atoms with Crippen LogP contribution >= 0.6 is 11.3 Å². The van der Waals surface area contributed by atoms with Gasteiger partial charge in [0.2, 0.25) is 5.91 Å². The molecule has 5 heteroatoms. The molecule has 0 N–H and O–H groups in total. The molecule has 1 aromatic carbocycles. The van der Waals surface area contributed by atoms with Gasteiger partial charge in [0, 0.05) is 55.3 Å². The molecule has 27 heavy (non-hydrogen) atoms. The normalized spacial score (nSPS) is 16.8. The number of aryl methyl sites for hydroxylation is 1. The van der Waals surface area contributed by atoms with Gasteiger partial charge in [0.1, 0.15) is 0 Å². The summed E-state index contributed by atoms with van der Waals surface area (Å²) >= 11 is 1.70. The van der Waals surface area contributed by atoms with Gasteiger partial charge in [-0.1, -0.05) is 12.1 Å². The first-order valence-electron chi connectivity index (χ1n) is 9.42. The number of amides is 1. The molecule has 0 spiro atoms. The zero-order valence-corrected chi connectivity index (χ0v) is 17.2. The maximum Gasteiger partial charge on any atom is 0.246 e. The first kappa shape index (κ1) is 19.6. The minimum atomic E-state index is 0.0354. The van der Waals surface area contributed by atoms with Gasteiger partial charge in [-0.15, -0.1) is 11.3 Å². The Balaban J connectivity index is 1.71. The van der Waals surface area contributed by atoms with Crippen molar-refractivity contribution in [3.05, 3.63) is 57.8 Å². The molecule has 0 bridgehead atoms. The van der Waals surface area contributed by atoms with Crippen molar-refractivity contribution in [3.8, 4) is 0 Å². The molecule has 144 valence electrons. The number of carbonyl (C=O) groups excluding carboxylic acids is 1. The number of carbonyl (C=O) groups is 1. The first-order chi connectivity index (χ1) is 13.0. The second-order valence-electron chi connectivity index (χ2n) is 7.20. The number of hydrogen-bond donors (Lipinski definition) is 0. The molecular weight excluding hydrogens is 356 g/mol. The van der Waals surface area contributed by atoms with Crippen molar-refractivity contribution >= 4 is 29.0 Å². The van der Waals surface area contributed by atoms with E-state index in [9.17, 15) is 4.79 Å². The van der Waals surface area contributed by atoms with E-state index in [2.05, 4.69) is 42.2 Å². The molecule has 2 heterocycles. The topological polar surface area (TPSA) is 32.8 Å². The van der Waals surface area contributed by atoms with Gasteiger partial charge < -0.3 is 14.5 Å². The van der Waals surface area contributed by atoms with Crippen LogP contribution in [-0.4, -0.2) is 44.2 Å². The van der Waals surface area contributed by atoms with Crippen LogP contribution in [0.3, 0.4) is 0 Å². The van der Waals surface area contributed by atoms with Crippen LogP contribution < -0.4 is 4.90 Å². The molecule has 1 amide bonds. The lowest BCUT2D eigenvalue weighted by Gasteiger charge is -2.25. The minimum absolute atomic E-state index is 0.0354. The van der Waals surface area contributed by atoms with Gasteiger partial charge in [0.05, 0.1) is 6.10 Å². The Labute approximate surface area is 166 Å². The summed E-state index contributed by atoms with van der Waals surface area (Å²) in [6.07, 6.45) is 5.85. The van der Waals surface area contributed by atoms with Gasteiger partial charge in [0.25, 0.3) is 0 Å². The Morgan fingerprint density at radius 3 is 2.59 bits per heavy atom. The summed E-state index contributed by atoms with van der Waals surface area (Å²) in [5.74, 6) is 0.0354. The Morgan fingerprint density at radius 1 is 1.22 bits per heavy atom. The van der Waals surface area contributed by atoms with E-state index in [-0.39, 0.29) is 12.0 Å². The largest absolute Gasteiger partial charge is 0.378 e. The summed E-state index contributed by atoms with van der Waals surface area (Å²) in [5.41, 5.74) is 2.29. The van der Waals surface area contributed by atoms with E-state index in [1.807, 2.05) is 31.1 Å². The van der Waals surface area contributed by atoms with Crippen LogP contribution in [0.5, 0.6) is 0 Å². The SMILES string of the molecule is Cc1ccc(/C=C/C(=O)N(Cc2ccc(N(C)C)cc2)CC2CCCO2)s1. The van der Waals surface area contributed by atoms with Crippen molar-refractivity contribution in [2.75, 3.05) is 32.1 Å². The third-order valence-electron chi connectivity index (χ3n) is 4.74. The molecule has 3 rings (SSSR count). The molecule has 1 atom stereocenters. The van der Waals surface area contributed by atoms with Gasteiger partial charge in [-0.25, -0.2) is 0 Å². The van der Waals surface area contributed by atoms with E-state index in [4.69, 9.17) is 4.74 Å². The summed E-state index contributed by atoms with van der Waals surface area (Å²) < 4.78 is 5.77. The summed E-state index contributed by atoms with van der Waals surface area (Å²) in [6, 6.07) is 12.5. The third-order valence-corrected chi connectivity index (χ3v) is 5.70.